The molecule has 118 valence electrons. The van der Waals surface area contributed by atoms with Crippen LogP contribution in [0.2, 0.25) is 0 Å². The highest BCUT2D eigenvalue weighted by Crippen LogP contribution is 2.23. The van der Waals surface area contributed by atoms with Gasteiger partial charge in [0.2, 0.25) is 0 Å². The zero-order valence-corrected chi connectivity index (χ0v) is 12.9. The first-order valence-electron chi connectivity index (χ1n) is 7.11. The van der Waals surface area contributed by atoms with Gasteiger partial charge < -0.3 is 9.32 Å². The van der Waals surface area contributed by atoms with Gasteiger partial charge in [-0.2, -0.15) is 5.10 Å². The minimum Gasteiger partial charge on any atom is -0.451 e. The Morgan fingerprint density at radius 3 is 2.65 bits per heavy atom. The first-order chi connectivity index (χ1) is 11.0. The zero-order valence-electron chi connectivity index (χ0n) is 12.9. The minimum absolute atomic E-state index is 0.220. The van der Waals surface area contributed by atoms with Crippen LogP contribution in [0.3, 0.4) is 0 Å². The van der Waals surface area contributed by atoms with Crippen molar-refractivity contribution >= 4 is 5.91 Å². The van der Waals surface area contributed by atoms with Crippen molar-refractivity contribution in [3.8, 4) is 11.3 Å². The summed E-state index contributed by atoms with van der Waals surface area (Å²) in [5, 5.41) is 4.08. The van der Waals surface area contributed by atoms with Crippen molar-refractivity contribution in [1.29, 1.82) is 0 Å². The van der Waals surface area contributed by atoms with Crippen molar-refractivity contribution in [2.24, 2.45) is 7.05 Å². The van der Waals surface area contributed by atoms with Crippen LogP contribution in [0.1, 0.15) is 16.1 Å². The molecule has 0 saturated carbocycles. The van der Waals surface area contributed by atoms with Gasteiger partial charge in [-0.25, -0.2) is 4.39 Å². The van der Waals surface area contributed by atoms with Crippen molar-refractivity contribution in [1.82, 2.24) is 14.7 Å². The molecule has 0 atom stereocenters. The molecule has 0 N–H and O–H groups in total. The summed E-state index contributed by atoms with van der Waals surface area (Å²) in [4.78, 5) is 14.0. The average molecular weight is 313 g/mol. The maximum absolute atomic E-state index is 13.0. The lowest BCUT2D eigenvalue weighted by Crippen LogP contribution is -2.25. The first kappa shape index (κ1) is 15.0. The predicted molar refractivity (Wildman–Crippen MR) is 83.1 cm³/mol. The highest BCUT2D eigenvalue weighted by Gasteiger charge is 2.17. The molecule has 0 spiro atoms. The van der Waals surface area contributed by atoms with E-state index < -0.39 is 0 Å². The molecule has 0 aliphatic carbocycles. The number of halogens is 1. The van der Waals surface area contributed by atoms with Gasteiger partial charge in [0.05, 0.1) is 6.20 Å². The van der Waals surface area contributed by atoms with Gasteiger partial charge in [0.15, 0.2) is 5.76 Å². The summed E-state index contributed by atoms with van der Waals surface area (Å²) >= 11 is 0. The van der Waals surface area contributed by atoms with Gasteiger partial charge in [0, 0.05) is 38.0 Å². The second kappa shape index (κ2) is 6.08. The van der Waals surface area contributed by atoms with Crippen LogP contribution in [0.15, 0.2) is 53.2 Å². The summed E-state index contributed by atoms with van der Waals surface area (Å²) in [6, 6.07) is 9.27. The quantitative estimate of drug-likeness (QED) is 0.744. The van der Waals surface area contributed by atoms with Crippen LogP contribution in [-0.2, 0) is 13.6 Å². The second-order valence-electron chi connectivity index (χ2n) is 5.35. The number of aromatic nitrogens is 2. The van der Waals surface area contributed by atoms with Crippen molar-refractivity contribution in [2.75, 3.05) is 7.05 Å². The lowest BCUT2D eigenvalue weighted by atomic mass is 10.2. The number of nitrogens with zero attached hydrogens (tertiary/aromatic N) is 3. The van der Waals surface area contributed by atoms with E-state index in [0.29, 0.717) is 12.3 Å². The molecule has 0 aliphatic heterocycles. The van der Waals surface area contributed by atoms with Crippen LogP contribution in [0, 0.1) is 5.82 Å². The molecule has 6 heteroatoms. The predicted octanol–water partition coefficient (Wildman–Crippen LogP) is 3.09. The van der Waals surface area contributed by atoms with Crippen molar-refractivity contribution in [2.45, 2.75) is 6.54 Å². The van der Waals surface area contributed by atoms with Gasteiger partial charge in [-0.15, -0.1) is 0 Å². The van der Waals surface area contributed by atoms with E-state index in [-0.39, 0.29) is 17.5 Å². The van der Waals surface area contributed by atoms with Crippen molar-refractivity contribution < 1.29 is 13.6 Å². The summed E-state index contributed by atoms with van der Waals surface area (Å²) in [6.07, 6.45) is 3.58. The monoisotopic (exact) mass is 313 g/mol. The molecule has 5 nitrogen and oxygen atoms in total. The molecule has 2 heterocycles. The number of benzene rings is 1. The molecule has 23 heavy (non-hydrogen) atoms. The number of carbonyl (C=O) groups is 1. The number of hydrogen-bond donors (Lipinski definition) is 0. The van der Waals surface area contributed by atoms with Gasteiger partial charge in [-0.05, 0) is 36.4 Å². The second-order valence-corrected chi connectivity index (χ2v) is 5.35. The third-order valence-corrected chi connectivity index (χ3v) is 3.47. The summed E-state index contributed by atoms with van der Waals surface area (Å²) < 4.78 is 20.2. The molecule has 0 fully saturated rings. The Bertz CT molecular complexity index is 820. The van der Waals surface area contributed by atoms with Crippen LogP contribution in [0.5, 0.6) is 0 Å². The highest BCUT2D eigenvalue weighted by atomic mass is 19.1. The van der Waals surface area contributed by atoms with Gasteiger partial charge in [-0.1, -0.05) is 0 Å². The number of furan rings is 1. The van der Waals surface area contributed by atoms with Crippen LogP contribution >= 0.6 is 0 Å². The van der Waals surface area contributed by atoms with Crippen LogP contribution < -0.4 is 0 Å². The number of aryl methyl sites for hydroxylation is 1. The minimum atomic E-state index is -0.312. The Morgan fingerprint density at radius 2 is 2.00 bits per heavy atom. The van der Waals surface area contributed by atoms with E-state index in [9.17, 15) is 9.18 Å². The fraction of sp³-hybridized carbons (Fsp3) is 0.176. The molecule has 2 aromatic heterocycles. The van der Waals surface area contributed by atoms with Crippen LogP contribution in [0.4, 0.5) is 4.39 Å². The number of carbonyl (C=O) groups excluding carboxylic acids is 1. The molecule has 0 saturated heterocycles. The smallest absolute Gasteiger partial charge is 0.289 e. The summed E-state index contributed by atoms with van der Waals surface area (Å²) in [5.74, 6) is 0.244. The SMILES string of the molecule is CN(Cc1cnn(C)c1)C(=O)c1ccc(-c2ccc(F)cc2)o1. The molecule has 1 amide bonds. The maximum atomic E-state index is 13.0. The Balaban J connectivity index is 1.74. The normalized spacial score (nSPS) is 10.7. The molecular formula is C17H16FN3O2. The number of amides is 1. The van der Waals surface area contributed by atoms with Gasteiger partial charge >= 0.3 is 0 Å². The van der Waals surface area contributed by atoms with E-state index in [1.807, 2.05) is 13.2 Å². The van der Waals surface area contributed by atoms with E-state index in [1.165, 1.54) is 12.1 Å². The Kier molecular flexibility index (Phi) is 3.97. The lowest BCUT2D eigenvalue weighted by molar-refractivity contribution is 0.0754. The molecule has 0 radical (unpaired) electrons. The summed E-state index contributed by atoms with van der Waals surface area (Å²) in [5.41, 5.74) is 1.66. The van der Waals surface area contributed by atoms with Gasteiger partial charge in [0.1, 0.15) is 11.6 Å². The van der Waals surface area contributed by atoms with Gasteiger partial charge in [-0.3, -0.25) is 9.48 Å². The molecule has 0 aliphatic rings. The molecule has 3 rings (SSSR count). The maximum Gasteiger partial charge on any atom is 0.289 e. The number of hydrogen-bond acceptors (Lipinski definition) is 3. The largest absolute Gasteiger partial charge is 0.451 e. The summed E-state index contributed by atoms with van der Waals surface area (Å²) in [7, 11) is 3.53. The molecule has 3 aromatic rings. The Morgan fingerprint density at radius 1 is 1.26 bits per heavy atom. The van der Waals surface area contributed by atoms with Crippen LogP contribution in [-0.4, -0.2) is 27.6 Å². The fourth-order valence-corrected chi connectivity index (χ4v) is 2.31. The highest BCUT2D eigenvalue weighted by molar-refractivity contribution is 5.91. The van der Waals surface area contributed by atoms with Crippen molar-refractivity contribution in [3.63, 3.8) is 0 Å². The Hall–Kier alpha value is -2.89. The average Bonchev–Trinajstić information content (AvgIpc) is 3.16. The first-order valence-corrected chi connectivity index (χ1v) is 7.11. The topological polar surface area (TPSA) is 51.3 Å². The van der Waals surface area contributed by atoms with Gasteiger partial charge in [0.25, 0.3) is 5.91 Å². The molecule has 0 bridgehead atoms. The van der Waals surface area contributed by atoms with E-state index in [4.69, 9.17) is 4.42 Å². The fourth-order valence-electron chi connectivity index (χ4n) is 2.31. The molecule has 0 unspecified atom stereocenters. The Labute approximate surface area is 132 Å². The third kappa shape index (κ3) is 3.31. The number of rotatable bonds is 4. The lowest BCUT2D eigenvalue weighted by Gasteiger charge is -2.14. The standard InChI is InChI=1S/C17H16FN3O2/c1-20(10-12-9-19-21(2)11-12)17(22)16-8-7-15(23-16)13-3-5-14(18)6-4-13/h3-9,11H,10H2,1-2H3. The van der Waals surface area contributed by atoms with Crippen molar-refractivity contribution in [3.05, 3.63) is 65.9 Å². The zero-order chi connectivity index (χ0) is 16.4. The van der Waals surface area contributed by atoms with E-state index in [1.54, 1.807) is 47.1 Å². The van der Waals surface area contributed by atoms with E-state index in [2.05, 4.69) is 5.10 Å². The molecule has 1 aromatic carbocycles. The third-order valence-electron chi connectivity index (χ3n) is 3.47. The van der Waals surface area contributed by atoms with E-state index >= 15 is 0 Å². The summed E-state index contributed by atoms with van der Waals surface area (Å²) in [6.45, 7) is 0.444. The van der Waals surface area contributed by atoms with E-state index in [0.717, 1.165) is 11.1 Å². The van der Waals surface area contributed by atoms with Crippen LogP contribution in [0.25, 0.3) is 11.3 Å². The molecular weight excluding hydrogens is 297 g/mol.